The molecule has 3 rings (SSSR count). The topological polar surface area (TPSA) is 83.5 Å². The van der Waals surface area contributed by atoms with E-state index in [1.807, 2.05) is 0 Å². The van der Waals surface area contributed by atoms with Crippen molar-refractivity contribution in [3.05, 3.63) is 34.9 Å². The predicted octanol–water partition coefficient (Wildman–Crippen LogP) is 3.01. The van der Waals surface area contributed by atoms with Crippen LogP contribution < -0.4 is 5.32 Å². The number of nitrogens with one attached hydrogen (secondary N) is 1. The Morgan fingerprint density at radius 2 is 1.88 bits per heavy atom. The lowest BCUT2D eigenvalue weighted by atomic mass is 9.96. The highest BCUT2D eigenvalue weighted by atomic mass is 35.5. The highest BCUT2D eigenvalue weighted by molar-refractivity contribution is 7.85. The van der Waals surface area contributed by atoms with E-state index in [9.17, 15) is 13.2 Å². The van der Waals surface area contributed by atoms with Gasteiger partial charge in [0.05, 0.1) is 5.75 Å². The molecule has 2 aliphatic rings. The van der Waals surface area contributed by atoms with Crippen molar-refractivity contribution in [2.45, 2.75) is 32.2 Å². The molecule has 0 aromatic heterocycles. The fraction of sp³-hybridized carbons (Fsp3) is 0.588. The number of benzene rings is 1. The Morgan fingerprint density at radius 3 is 2.38 bits per heavy atom. The van der Waals surface area contributed by atoms with Crippen LogP contribution in [0, 0.1) is 23.7 Å². The van der Waals surface area contributed by atoms with Crippen molar-refractivity contribution in [1.82, 2.24) is 5.32 Å². The van der Waals surface area contributed by atoms with Gasteiger partial charge in [0, 0.05) is 16.6 Å². The van der Waals surface area contributed by atoms with Crippen LogP contribution in [-0.2, 0) is 10.1 Å². The summed E-state index contributed by atoms with van der Waals surface area (Å²) in [5.74, 6) is 1.16. The van der Waals surface area contributed by atoms with E-state index in [0.29, 0.717) is 28.3 Å². The van der Waals surface area contributed by atoms with E-state index in [0.717, 1.165) is 19.3 Å². The third kappa shape index (κ3) is 3.92. The lowest BCUT2D eigenvalue weighted by Crippen LogP contribution is -2.37. The molecule has 7 heteroatoms. The van der Waals surface area contributed by atoms with E-state index in [1.165, 1.54) is 0 Å². The van der Waals surface area contributed by atoms with Crippen LogP contribution in [-0.4, -0.2) is 30.7 Å². The highest BCUT2D eigenvalue weighted by Gasteiger charge is 2.58. The molecular formula is C17H22ClNO4S. The van der Waals surface area contributed by atoms with Crippen molar-refractivity contribution in [3.63, 3.8) is 0 Å². The van der Waals surface area contributed by atoms with Crippen molar-refractivity contribution < 1.29 is 17.8 Å². The van der Waals surface area contributed by atoms with Crippen molar-refractivity contribution in [1.29, 1.82) is 0 Å². The molecule has 2 unspecified atom stereocenters. The molecule has 1 aromatic rings. The lowest BCUT2D eigenvalue weighted by molar-refractivity contribution is 0.0927. The normalized spacial score (nSPS) is 29.8. The third-order valence-electron chi connectivity index (χ3n) is 5.38. The number of hydrogen-bond donors (Lipinski definition) is 2. The zero-order valence-electron chi connectivity index (χ0n) is 13.5. The van der Waals surface area contributed by atoms with Gasteiger partial charge in [0.25, 0.3) is 16.0 Å². The molecule has 3 atom stereocenters. The number of amides is 1. The summed E-state index contributed by atoms with van der Waals surface area (Å²) < 4.78 is 31.0. The molecule has 0 radical (unpaired) electrons. The minimum absolute atomic E-state index is 0.0516. The highest BCUT2D eigenvalue weighted by Crippen LogP contribution is 2.61. The molecule has 1 aromatic carbocycles. The molecule has 2 saturated carbocycles. The van der Waals surface area contributed by atoms with Gasteiger partial charge in [-0.15, -0.1) is 0 Å². The van der Waals surface area contributed by atoms with Gasteiger partial charge in [-0.25, -0.2) is 0 Å². The maximum absolute atomic E-state index is 12.4. The summed E-state index contributed by atoms with van der Waals surface area (Å²) >= 11 is 5.84. The smallest absolute Gasteiger partial charge is 0.265 e. The van der Waals surface area contributed by atoms with Gasteiger partial charge in [-0.1, -0.05) is 18.5 Å². The Labute approximate surface area is 147 Å². The second kappa shape index (κ2) is 6.65. The molecule has 0 heterocycles. The Kier molecular flexibility index (Phi) is 4.91. The average molecular weight is 372 g/mol. The van der Waals surface area contributed by atoms with Crippen LogP contribution in [0.4, 0.5) is 0 Å². The quantitative estimate of drug-likeness (QED) is 0.753. The summed E-state index contributed by atoms with van der Waals surface area (Å²) in [5, 5.41) is 3.70. The second-order valence-corrected chi connectivity index (χ2v) is 8.92. The van der Waals surface area contributed by atoms with E-state index < -0.39 is 10.1 Å². The first kappa shape index (κ1) is 17.7. The minimum atomic E-state index is -3.89. The first-order chi connectivity index (χ1) is 11.3. The van der Waals surface area contributed by atoms with Crippen molar-refractivity contribution in [2.75, 3.05) is 5.75 Å². The minimum Gasteiger partial charge on any atom is -0.349 e. The van der Waals surface area contributed by atoms with E-state index in [1.54, 1.807) is 24.3 Å². The lowest BCUT2D eigenvalue weighted by Gasteiger charge is -2.21. The summed E-state index contributed by atoms with van der Waals surface area (Å²) in [6, 6.07) is 6.92. The molecule has 2 aliphatic carbocycles. The Bertz CT molecular complexity index is 707. The van der Waals surface area contributed by atoms with E-state index >= 15 is 0 Å². The molecule has 132 valence electrons. The number of carbonyl (C=O) groups excluding carboxylic acids is 1. The summed E-state index contributed by atoms with van der Waals surface area (Å²) in [7, 11) is -3.89. The fourth-order valence-corrected chi connectivity index (χ4v) is 5.35. The first-order valence-electron chi connectivity index (χ1n) is 8.30. The third-order valence-corrected chi connectivity index (χ3v) is 6.53. The molecule has 0 saturated heterocycles. The van der Waals surface area contributed by atoms with Gasteiger partial charge in [0.15, 0.2) is 0 Å². The molecular weight excluding hydrogens is 350 g/mol. The molecule has 2 fully saturated rings. The Hall–Kier alpha value is -1.11. The zero-order chi connectivity index (χ0) is 17.5. The van der Waals surface area contributed by atoms with Crippen LogP contribution in [0.2, 0.25) is 5.02 Å². The standard InChI is InChI=1S/C17H22ClNO4S/c1-2-15(19-17(20)11-3-5-12(18)6-4-11)16-13-7-10(8-14(13)16)9-24(21,22)23/h3-6,10,13-16H,2,7-9H2,1H3,(H,19,20)(H,21,22,23)/t10?,13?,14?,15-,16?/m1/s1. The van der Waals surface area contributed by atoms with Crippen molar-refractivity contribution in [2.24, 2.45) is 23.7 Å². The van der Waals surface area contributed by atoms with Crippen molar-refractivity contribution >= 4 is 27.6 Å². The monoisotopic (exact) mass is 371 g/mol. The molecule has 1 amide bonds. The van der Waals surface area contributed by atoms with E-state index in [4.69, 9.17) is 16.2 Å². The molecule has 0 spiro atoms. The SMILES string of the molecule is CC[C@@H](NC(=O)c1ccc(Cl)cc1)C1C2CC(CS(=O)(=O)O)CC21. The zero-order valence-corrected chi connectivity index (χ0v) is 15.1. The predicted molar refractivity (Wildman–Crippen MR) is 92.6 cm³/mol. The van der Waals surface area contributed by atoms with E-state index in [2.05, 4.69) is 12.2 Å². The van der Waals surface area contributed by atoms with Crippen LogP contribution in [0.3, 0.4) is 0 Å². The molecule has 5 nitrogen and oxygen atoms in total. The molecule has 0 bridgehead atoms. The maximum atomic E-state index is 12.4. The van der Waals surface area contributed by atoms with Gasteiger partial charge < -0.3 is 5.32 Å². The van der Waals surface area contributed by atoms with Gasteiger partial charge in [0.1, 0.15) is 0 Å². The number of fused-ring (bicyclic) bond motifs is 1. The summed E-state index contributed by atoms with van der Waals surface area (Å²) in [5.41, 5.74) is 0.591. The number of halogens is 1. The first-order valence-corrected chi connectivity index (χ1v) is 10.3. The van der Waals surface area contributed by atoms with Crippen molar-refractivity contribution in [3.8, 4) is 0 Å². The number of rotatable bonds is 6. The summed E-state index contributed by atoms with van der Waals surface area (Å²) in [6.45, 7) is 2.05. The van der Waals surface area contributed by atoms with Crippen LogP contribution in [0.1, 0.15) is 36.5 Å². The van der Waals surface area contributed by atoms with Crippen LogP contribution in [0.15, 0.2) is 24.3 Å². The average Bonchev–Trinajstić information content (AvgIpc) is 2.98. The fourth-order valence-electron chi connectivity index (χ4n) is 4.36. The van der Waals surface area contributed by atoms with Crippen LogP contribution in [0.5, 0.6) is 0 Å². The second-order valence-electron chi connectivity index (χ2n) is 6.99. The molecule has 0 aliphatic heterocycles. The summed E-state index contributed by atoms with van der Waals surface area (Å²) in [6.07, 6.45) is 2.49. The van der Waals surface area contributed by atoms with Gasteiger partial charge in [-0.2, -0.15) is 8.42 Å². The van der Waals surface area contributed by atoms with Crippen LogP contribution in [0.25, 0.3) is 0 Å². The Morgan fingerprint density at radius 1 is 1.29 bits per heavy atom. The van der Waals surface area contributed by atoms with Gasteiger partial charge >= 0.3 is 0 Å². The Balaban J connectivity index is 1.56. The van der Waals surface area contributed by atoms with Gasteiger partial charge in [-0.3, -0.25) is 9.35 Å². The summed E-state index contributed by atoms with van der Waals surface area (Å²) in [4.78, 5) is 12.4. The van der Waals surface area contributed by atoms with E-state index in [-0.39, 0.29) is 23.6 Å². The van der Waals surface area contributed by atoms with Gasteiger partial charge in [-0.05, 0) is 67.2 Å². The molecule has 2 N–H and O–H groups in total. The van der Waals surface area contributed by atoms with Crippen LogP contribution >= 0.6 is 11.6 Å². The molecule has 24 heavy (non-hydrogen) atoms. The maximum Gasteiger partial charge on any atom is 0.265 e. The van der Waals surface area contributed by atoms with Gasteiger partial charge in [0.2, 0.25) is 0 Å². The number of hydrogen-bond acceptors (Lipinski definition) is 3. The largest absolute Gasteiger partial charge is 0.349 e. The number of carbonyl (C=O) groups is 1.